The summed E-state index contributed by atoms with van der Waals surface area (Å²) >= 11 is 0. The molecule has 3 heterocycles. The van der Waals surface area contributed by atoms with Crippen LogP contribution in [0.2, 0.25) is 0 Å². The first kappa shape index (κ1) is 18.1. The lowest BCUT2D eigenvalue weighted by Gasteiger charge is -2.29. The summed E-state index contributed by atoms with van der Waals surface area (Å²) in [6, 6.07) is 1.84. The minimum Gasteiger partial charge on any atom is -0.389 e. The maximum absolute atomic E-state index is 14.9. The number of aliphatic hydroxyl groups is 1. The Kier molecular flexibility index (Phi) is 4.74. The van der Waals surface area contributed by atoms with E-state index in [0.717, 1.165) is 32.1 Å². The van der Waals surface area contributed by atoms with Crippen LogP contribution in [-0.2, 0) is 10.2 Å². The van der Waals surface area contributed by atoms with Gasteiger partial charge in [-0.2, -0.15) is 5.26 Å². The topological polar surface area (TPSA) is 95.5 Å². The lowest BCUT2D eigenvalue weighted by atomic mass is 9.78. The molecule has 0 unspecified atom stereocenters. The first-order valence-electron chi connectivity index (χ1n) is 9.60. The fourth-order valence-corrected chi connectivity index (χ4v) is 4.53. The van der Waals surface area contributed by atoms with Gasteiger partial charge in [-0.1, -0.05) is 19.8 Å². The number of nitrogens with one attached hydrogen (secondary N) is 1. The van der Waals surface area contributed by atoms with Gasteiger partial charge >= 0.3 is 0 Å². The summed E-state index contributed by atoms with van der Waals surface area (Å²) in [5.41, 5.74) is 0.730. The van der Waals surface area contributed by atoms with Crippen molar-refractivity contribution >= 4 is 11.5 Å². The van der Waals surface area contributed by atoms with Crippen molar-refractivity contribution in [3.8, 4) is 6.07 Å². The number of aromatic nitrogens is 3. The third-order valence-electron chi connectivity index (χ3n) is 6.12. The molecule has 27 heavy (non-hydrogen) atoms. The number of aliphatic hydroxyl groups excluding tert-OH is 1. The SMILES string of the molecule is CCC1(c2c(C#N)c(F)c3cnc(N[C@@H]4CCOC[C@H]4O)nn23)CCCC1. The maximum Gasteiger partial charge on any atom is 0.241 e. The van der Waals surface area contributed by atoms with E-state index < -0.39 is 11.9 Å². The molecule has 144 valence electrons. The van der Waals surface area contributed by atoms with Gasteiger partial charge in [0.25, 0.3) is 0 Å². The fraction of sp³-hybridized carbons (Fsp3) is 0.632. The number of fused-ring (bicyclic) bond motifs is 1. The molecule has 8 heteroatoms. The first-order chi connectivity index (χ1) is 13.1. The Balaban J connectivity index is 1.80. The van der Waals surface area contributed by atoms with E-state index in [0.29, 0.717) is 24.7 Å². The standard InChI is InChI=1S/C19H24FN5O2/c1-2-19(6-3-4-7-19)17-12(9-21)16(20)14-10-22-18(24-25(14)17)23-13-5-8-27-11-15(13)26/h10,13,15,26H,2-8,11H2,1H3,(H,23,24)/t13-,15-/m1/s1. The van der Waals surface area contributed by atoms with Crippen LogP contribution in [0.4, 0.5) is 10.3 Å². The van der Waals surface area contributed by atoms with Gasteiger partial charge in [0, 0.05) is 12.0 Å². The number of rotatable bonds is 4. The Labute approximate surface area is 157 Å². The third kappa shape index (κ3) is 2.95. The molecule has 1 saturated heterocycles. The summed E-state index contributed by atoms with van der Waals surface area (Å²) in [7, 11) is 0. The smallest absolute Gasteiger partial charge is 0.241 e. The van der Waals surface area contributed by atoms with E-state index in [4.69, 9.17) is 4.74 Å². The van der Waals surface area contributed by atoms with Crippen molar-refractivity contribution in [1.82, 2.24) is 14.6 Å². The van der Waals surface area contributed by atoms with E-state index >= 15 is 0 Å². The number of hydrogen-bond donors (Lipinski definition) is 2. The molecule has 2 aliphatic rings. The Hall–Kier alpha value is -2.24. The zero-order valence-corrected chi connectivity index (χ0v) is 15.4. The molecule has 2 atom stereocenters. The molecule has 2 N–H and O–H groups in total. The van der Waals surface area contributed by atoms with Crippen molar-refractivity contribution < 1.29 is 14.2 Å². The highest BCUT2D eigenvalue weighted by molar-refractivity contribution is 5.59. The Morgan fingerprint density at radius 1 is 1.48 bits per heavy atom. The quantitative estimate of drug-likeness (QED) is 0.855. The molecular formula is C19H24FN5O2. The zero-order chi connectivity index (χ0) is 19.0. The van der Waals surface area contributed by atoms with Gasteiger partial charge in [0.15, 0.2) is 5.82 Å². The summed E-state index contributed by atoms with van der Waals surface area (Å²) in [6.07, 6.45) is 6.22. The van der Waals surface area contributed by atoms with Gasteiger partial charge in [0.1, 0.15) is 17.1 Å². The van der Waals surface area contributed by atoms with Crippen LogP contribution in [0.3, 0.4) is 0 Å². The van der Waals surface area contributed by atoms with E-state index in [1.807, 2.05) is 0 Å². The van der Waals surface area contributed by atoms with Crippen LogP contribution in [0.1, 0.15) is 56.7 Å². The van der Waals surface area contributed by atoms with Crippen LogP contribution in [0, 0.1) is 17.1 Å². The van der Waals surface area contributed by atoms with Crippen LogP contribution in [0.25, 0.3) is 5.52 Å². The summed E-state index contributed by atoms with van der Waals surface area (Å²) in [4.78, 5) is 4.22. The van der Waals surface area contributed by atoms with Gasteiger partial charge in [0.05, 0.1) is 30.6 Å². The molecule has 0 spiro atoms. The second-order valence-electron chi connectivity index (χ2n) is 7.55. The predicted molar refractivity (Wildman–Crippen MR) is 97.0 cm³/mol. The molecule has 2 aromatic heterocycles. The number of ether oxygens (including phenoxy) is 1. The van der Waals surface area contributed by atoms with Gasteiger partial charge in [-0.25, -0.2) is 13.9 Å². The number of nitrogens with zero attached hydrogens (tertiary/aromatic N) is 4. The molecule has 2 fully saturated rings. The van der Waals surface area contributed by atoms with E-state index in [-0.39, 0.29) is 29.1 Å². The molecule has 0 aromatic carbocycles. The molecule has 0 bridgehead atoms. The molecule has 4 rings (SSSR count). The molecular weight excluding hydrogens is 349 g/mol. The van der Waals surface area contributed by atoms with Gasteiger partial charge in [-0.3, -0.25) is 0 Å². The van der Waals surface area contributed by atoms with Crippen molar-refractivity contribution in [2.75, 3.05) is 18.5 Å². The highest BCUT2D eigenvalue weighted by Gasteiger charge is 2.40. The Morgan fingerprint density at radius 3 is 2.93 bits per heavy atom. The zero-order valence-electron chi connectivity index (χ0n) is 15.4. The Morgan fingerprint density at radius 2 is 2.26 bits per heavy atom. The molecule has 7 nitrogen and oxygen atoms in total. The molecule has 2 aromatic rings. The summed E-state index contributed by atoms with van der Waals surface area (Å²) in [5.74, 6) is -0.233. The van der Waals surface area contributed by atoms with Crippen molar-refractivity contribution in [3.05, 3.63) is 23.3 Å². The summed E-state index contributed by atoms with van der Waals surface area (Å²) in [5, 5.41) is 27.4. The van der Waals surface area contributed by atoms with Gasteiger partial charge in [0.2, 0.25) is 5.95 Å². The minimum atomic E-state index is -0.648. The van der Waals surface area contributed by atoms with Crippen molar-refractivity contribution in [3.63, 3.8) is 0 Å². The van der Waals surface area contributed by atoms with E-state index in [1.54, 1.807) is 4.52 Å². The number of anilines is 1. The van der Waals surface area contributed by atoms with Gasteiger partial charge < -0.3 is 15.2 Å². The van der Waals surface area contributed by atoms with Crippen LogP contribution in [0.15, 0.2) is 6.20 Å². The Bertz CT molecular complexity index is 884. The average Bonchev–Trinajstić information content (AvgIpc) is 3.27. The number of halogens is 1. The minimum absolute atomic E-state index is 0.0799. The lowest BCUT2D eigenvalue weighted by Crippen LogP contribution is -2.42. The fourth-order valence-electron chi connectivity index (χ4n) is 4.53. The first-order valence-corrected chi connectivity index (χ1v) is 9.60. The van der Waals surface area contributed by atoms with E-state index in [1.165, 1.54) is 6.20 Å². The number of nitriles is 1. The van der Waals surface area contributed by atoms with Crippen LogP contribution in [-0.4, -0.2) is 45.1 Å². The van der Waals surface area contributed by atoms with Gasteiger partial charge in [-0.05, 0) is 25.7 Å². The second-order valence-corrected chi connectivity index (χ2v) is 7.55. The summed E-state index contributed by atoms with van der Waals surface area (Å²) < 4.78 is 21.7. The molecule has 1 saturated carbocycles. The van der Waals surface area contributed by atoms with Crippen molar-refractivity contribution in [2.45, 2.75) is 63.0 Å². The normalized spacial score (nSPS) is 24.8. The van der Waals surface area contributed by atoms with Crippen LogP contribution in [0.5, 0.6) is 0 Å². The van der Waals surface area contributed by atoms with Crippen molar-refractivity contribution in [1.29, 1.82) is 5.26 Å². The van der Waals surface area contributed by atoms with Crippen molar-refractivity contribution in [2.24, 2.45) is 0 Å². The molecule has 0 amide bonds. The number of hydrogen-bond acceptors (Lipinski definition) is 6. The van der Waals surface area contributed by atoms with Crippen LogP contribution < -0.4 is 5.32 Å². The molecule has 1 aliphatic heterocycles. The van der Waals surface area contributed by atoms with Crippen LogP contribution >= 0.6 is 0 Å². The molecule has 1 aliphatic carbocycles. The maximum atomic E-state index is 14.9. The highest BCUT2D eigenvalue weighted by atomic mass is 19.1. The second kappa shape index (κ2) is 7.06. The third-order valence-corrected chi connectivity index (χ3v) is 6.12. The molecule has 0 radical (unpaired) electrons. The lowest BCUT2D eigenvalue weighted by molar-refractivity contribution is -0.0136. The summed E-state index contributed by atoms with van der Waals surface area (Å²) in [6.45, 7) is 2.90. The predicted octanol–water partition coefficient (Wildman–Crippen LogP) is 2.52. The highest BCUT2D eigenvalue weighted by Crippen LogP contribution is 2.46. The average molecular weight is 373 g/mol. The van der Waals surface area contributed by atoms with E-state index in [9.17, 15) is 14.8 Å². The van der Waals surface area contributed by atoms with E-state index in [2.05, 4.69) is 28.4 Å². The monoisotopic (exact) mass is 373 g/mol. The largest absolute Gasteiger partial charge is 0.389 e. The van der Waals surface area contributed by atoms with Gasteiger partial charge in [-0.15, -0.1) is 5.10 Å².